The van der Waals surface area contributed by atoms with Gasteiger partial charge in [0.25, 0.3) is 0 Å². The lowest BCUT2D eigenvalue weighted by atomic mass is 10.0. The Hall–Kier alpha value is -2.72. The van der Waals surface area contributed by atoms with Crippen LogP contribution in [0.4, 0.5) is 5.69 Å². The fraction of sp³-hybridized carbons (Fsp3) is 0.400. The van der Waals surface area contributed by atoms with Crippen LogP contribution in [-0.4, -0.2) is 58.4 Å². The van der Waals surface area contributed by atoms with Crippen LogP contribution in [0.15, 0.2) is 47.8 Å². The second kappa shape index (κ2) is 11.6. The lowest BCUT2D eigenvalue weighted by Gasteiger charge is -2.28. The van der Waals surface area contributed by atoms with E-state index in [0.29, 0.717) is 18.8 Å². The molecule has 3 aromatic rings. The van der Waals surface area contributed by atoms with Crippen LogP contribution in [0.5, 0.6) is 5.75 Å². The molecule has 0 radical (unpaired) electrons. The van der Waals surface area contributed by atoms with Gasteiger partial charge in [0.1, 0.15) is 10.8 Å². The van der Waals surface area contributed by atoms with Crippen molar-refractivity contribution in [2.45, 2.75) is 36.9 Å². The number of aliphatic hydroxyl groups is 1. The van der Waals surface area contributed by atoms with Crippen molar-refractivity contribution >= 4 is 34.3 Å². The molecule has 4 heterocycles. The molecule has 0 spiro atoms. The van der Waals surface area contributed by atoms with Gasteiger partial charge in [0.15, 0.2) is 0 Å². The first-order valence-electron chi connectivity index (χ1n) is 11.5. The number of methoxy groups -OCH3 is 1. The zero-order valence-electron chi connectivity index (χ0n) is 19.4. The molecule has 5 rings (SSSR count). The number of anilines is 1. The highest BCUT2D eigenvalue weighted by Crippen LogP contribution is 2.30. The average molecular weight is 482 g/mol. The maximum atomic E-state index is 11.0. The Bertz CT molecular complexity index is 1140. The van der Waals surface area contributed by atoms with E-state index in [-0.39, 0.29) is 5.91 Å². The molecule has 1 aromatic carbocycles. The first-order valence-corrected chi connectivity index (χ1v) is 12.5. The second-order valence-electron chi connectivity index (χ2n) is 8.40. The summed E-state index contributed by atoms with van der Waals surface area (Å²) in [5.41, 5.74) is 9.00. The molecular formula is C25H31N5O3S. The number of hydrogen-bond donors (Lipinski definition) is 3. The quantitative estimate of drug-likeness (QED) is 0.508. The molecule has 9 heteroatoms. The number of pyridine rings is 2. The summed E-state index contributed by atoms with van der Waals surface area (Å²) in [5, 5.41) is 15.2. The Morgan fingerprint density at radius 1 is 1.21 bits per heavy atom. The zero-order chi connectivity index (χ0) is 23.9. The molecule has 1 amide bonds. The lowest BCUT2D eigenvalue weighted by Crippen LogP contribution is -2.33. The molecule has 0 bridgehead atoms. The molecule has 2 aromatic heterocycles. The van der Waals surface area contributed by atoms with E-state index in [9.17, 15) is 9.90 Å². The van der Waals surface area contributed by atoms with Gasteiger partial charge < -0.3 is 25.8 Å². The molecule has 8 nitrogen and oxygen atoms in total. The molecule has 34 heavy (non-hydrogen) atoms. The molecule has 1 atom stereocenters. The predicted molar refractivity (Wildman–Crippen MR) is 135 cm³/mol. The summed E-state index contributed by atoms with van der Waals surface area (Å²) in [7, 11) is 1.65. The van der Waals surface area contributed by atoms with Gasteiger partial charge in [0, 0.05) is 30.9 Å². The number of rotatable bonds is 5. The Morgan fingerprint density at radius 2 is 2.03 bits per heavy atom. The van der Waals surface area contributed by atoms with E-state index >= 15 is 0 Å². The SMILES string of the molecule is COc1ccc2nccc([C@@H](O)CN3CCCCC3)c2c1.NCc1cnc2c(c1)NC(=O)CS2. The van der Waals surface area contributed by atoms with E-state index in [1.165, 1.54) is 31.0 Å². The molecule has 4 N–H and O–H groups in total. The fourth-order valence-electron chi connectivity index (χ4n) is 4.18. The first-order chi connectivity index (χ1) is 16.6. The largest absolute Gasteiger partial charge is 0.497 e. The third kappa shape index (κ3) is 6.04. The van der Waals surface area contributed by atoms with Crippen LogP contribution >= 0.6 is 11.8 Å². The molecule has 1 fully saturated rings. The third-order valence-corrected chi connectivity index (χ3v) is 6.98. The molecular weight excluding hydrogens is 450 g/mol. The van der Waals surface area contributed by atoms with Crippen molar-refractivity contribution in [2.24, 2.45) is 5.73 Å². The van der Waals surface area contributed by atoms with Gasteiger partial charge in [0.2, 0.25) is 5.91 Å². The summed E-state index contributed by atoms with van der Waals surface area (Å²) in [6.45, 7) is 3.31. The van der Waals surface area contributed by atoms with Crippen LogP contribution < -0.4 is 15.8 Å². The van der Waals surface area contributed by atoms with E-state index in [2.05, 4.69) is 20.2 Å². The maximum absolute atomic E-state index is 11.0. The fourth-order valence-corrected chi connectivity index (χ4v) is 4.91. The van der Waals surface area contributed by atoms with Gasteiger partial charge in [-0.1, -0.05) is 18.2 Å². The minimum atomic E-state index is -0.485. The second-order valence-corrected chi connectivity index (χ2v) is 9.36. The van der Waals surface area contributed by atoms with Crippen LogP contribution in [0.3, 0.4) is 0 Å². The van der Waals surface area contributed by atoms with Gasteiger partial charge in [-0.25, -0.2) is 4.98 Å². The number of benzene rings is 1. The minimum Gasteiger partial charge on any atom is -0.497 e. The Balaban J connectivity index is 0.000000180. The minimum absolute atomic E-state index is 0.0217. The number of hydrogen-bond acceptors (Lipinski definition) is 8. The number of aliphatic hydroxyl groups excluding tert-OH is 1. The average Bonchev–Trinajstić information content (AvgIpc) is 2.88. The van der Waals surface area contributed by atoms with Crippen molar-refractivity contribution < 1.29 is 14.6 Å². The monoisotopic (exact) mass is 481 g/mol. The highest BCUT2D eigenvalue weighted by atomic mass is 32.2. The van der Waals surface area contributed by atoms with Gasteiger partial charge >= 0.3 is 0 Å². The normalized spacial score (nSPS) is 16.7. The third-order valence-electron chi connectivity index (χ3n) is 5.98. The molecule has 0 unspecified atom stereocenters. The summed E-state index contributed by atoms with van der Waals surface area (Å²) in [5.74, 6) is 1.26. The smallest absolute Gasteiger partial charge is 0.234 e. The molecule has 2 aliphatic rings. The predicted octanol–water partition coefficient (Wildman–Crippen LogP) is 3.35. The number of nitrogens with zero attached hydrogens (tertiary/aromatic N) is 3. The number of thioether (sulfide) groups is 1. The standard InChI is InChI=1S/C17H22N2O2.C8H9N3OS/c1-21-13-5-6-16-15(11-13)14(7-8-18-16)17(20)12-19-9-3-2-4-10-19;9-2-5-1-6-8(10-3-5)13-4-7(12)11-6/h5-8,11,17,20H,2-4,9-10,12H2,1H3;1,3H,2,4,9H2,(H,11,12)/t17-;/m0./s1. The molecule has 180 valence electrons. The Labute approximate surface area is 203 Å². The highest BCUT2D eigenvalue weighted by Gasteiger charge is 2.18. The van der Waals surface area contributed by atoms with Crippen molar-refractivity contribution in [1.29, 1.82) is 0 Å². The number of carbonyl (C=O) groups excluding carboxylic acids is 1. The highest BCUT2D eigenvalue weighted by molar-refractivity contribution is 8.00. The number of nitrogens with one attached hydrogen (secondary N) is 1. The van der Waals surface area contributed by atoms with Gasteiger partial charge in [-0.2, -0.15) is 0 Å². The topological polar surface area (TPSA) is 114 Å². The maximum Gasteiger partial charge on any atom is 0.234 e. The van der Waals surface area contributed by atoms with Crippen molar-refractivity contribution in [1.82, 2.24) is 14.9 Å². The van der Waals surface area contributed by atoms with E-state index in [1.807, 2.05) is 30.3 Å². The van der Waals surface area contributed by atoms with Crippen molar-refractivity contribution in [3.05, 3.63) is 53.9 Å². The number of aromatic nitrogens is 2. The molecule has 2 aliphatic heterocycles. The number of likely N-dealkylation sites (tertiary alicyclic amines) is 1. The summed E-state index contributed by atoms with van der Waals surface area (Å²) >= 11 is 1.45. The molecule has 0 aliphatic carbocycles. The van der Waals surface area contributed by atoms with Crippen molar-refractivity contribution in [3.8, 4) is 5.75 Å². The number of β-amino-alcohol motifs (C(OH)–C–C–N with tert-alkyl or cyclic N) is 1. The number of fused-ring (bicyclic) bond motifs is 2. The van der Waals surface area contributed by atoms with E-state index < -0.39 is 6.10 Å². The zero-order valence-corrected chi connectivity index (χ0v) is 20.2. The first kappa shape index (κ1) is 24.4. The van der Waals surface area contributed by atoms with Crippen molar-refractivity contribution in [2.75, 3.05) is 37.8 Å². The Kier molecular flexibility index (Phi) is 8.34. The molecule has 1 saturated heterocycles. The van der Waals surface area contributed by atoms with Gasteiger partial charge in [-0.3, -0.25) is 9.78 Å². The van der Waals surface area contributed by atoms with Gasteiger partial charge in [-0.05, 0) is 67.4 Å². The number of amides is 1. The Morgan fingerprint density at radius 3 is 2.79 bits per heavy atom. The summed E-state index contributed by atoms with van der Waals surface area (Å²) in [4.78, 5) is 21.9. The van der Waals surface area contributed by atoms with Crippen molar-refractivity contribution in [3.63, 3.8) is 0 Å². The summed E-state index contributed by atoms with van der Waals surface area (Å²) in [6, 6.07) is 9.57. The van der Waals surface area contributed by atoms with Crippen LogP contribution in [0.2, 0.25) is 0 Å². The van der Waals surface area contributed by atoms with E-state index in [4.69, 9.17) is 10.5 Å². The van der Waals surface area contributed by atoms with Gasteiger partial charge in [0.05, 0.1) is 30.2 Å². The lowest BCUT2D eigenvalue weighted by molar-refractivity contribution is -0.113. The van der Waals surface area contributed by atoms with Crippen LogP contribution in [0, 0.1) is 0 Å². The number of nitrogens with two attached hydrogens (primary N) is 1. The van der Waals surface area contributed by atoms with Gasteiger partial charge in [-0.15, -0.1) is 0 Å². The number of piperidine rings is 1. The van der Waals surface area contributed by atoms with Crippen LogP contribution in [0.1, 0.15) is 36.5 Å². The molecule has 0 saturated carbocycles. The van der Waals surface area contributed by atoms with E-state index in [0.717, 1.165) is 51.6 Å². The van der Waals surface area contributed by atoms with Crippen LogP contribution in [-0.2, 0) is 11.3 Å². The van der Waals surface area contributed by atoms with E-state index in [1.54, 1.807) is 19.5 Å². The number of carbonyl (C=O) groups is 1. The number of ether oxygens (including phenoxy) is 1. The summed E-state index contributed by atoms with van der Waals surface area (Å²) in [6.07, 6.45) is 6.80. The summed E-state index contributed by atoms with van der Waals surface area (Å²) < 4.78 is 5.29. The van der Waals surface area contributed by atoms with Crippen LogP contribution in [0.25, 0.3) is 10.9 Å².